The fraction of sp³-hybridized carbons (Fsp3) is 0.562. The summed E-state index contributed by atoms with van der Waals surface area (Å²) < 4.78 is 0. The number of H-pyrrole nitrogens is 1. The molecule has 24 heavy (non-hydrogen) atoms. The number of carbonyl (C=O) groups is 1. The van der Waals surface area contributed by atoms with Gasteiger partial charge in [-0.25, -0.2) is 14.8 Å². The number of urea groups is 1. The molecule has 2 amide bonds. The van der Waals surface area contributed by atoms with Crippen molar-refractivity contribution in [1.82, 2.24) is 25.2 Å². The highest BCUT2D eigenvalue weighted by molar-refractivity contribution is 5.87. The summed E-state index contributed by atoms with van der Waals surface area (Å²) in [5, 5.41) is 3.95. The molecule has 8 heteroatoms. The van der Waals surface area contributed by atoms with Crippen molar-refractivity contribution >= 4 is 22.9 Å². The molecule has 4 heterocycles. The highest BCUT2D eigenvalue weighted by Crippen LogP contribution is 2.39. The lowest BCUT2D eigenvalue weighted by molar-refractivity contribution is 0.157. The number of carbonyl (C=O) groups excluding carboxylic acids is 1. The maximum Gasteiger partial charge on any atom is 0.317 e. The van der Waals surface area contributed by atoms with Gasteiger partial charge in [-0.2, -0.15) is 0 Å². The normalized spacial score (nSPS) is 23.5. The van der Waals surface area contributed by atoms with Crippen molar-refractivity contribution < 1.29 is 4.79 Å². The van der Waals surface area contributed by atoms with Gasteiger partial charge in [-0.05, 0) is 25.3 Å². The number of nitrogens with one attached hydrogen (secondary N) is 2. The molecule has 0 aliphatic carbocycles. The highest BCUT2D eigenvalue weighted by Gasteiger charge is 2.48. The summed E-state index contributed by atoms with van der Waals surface area (Å²) in [6.45, 7) is 3.52. The van der Waals surface area contributed by atoms with E-state index in [-0.39, 0.29) is 11.6 Å². The van der Waals surface area contributed by atoms with Crippen LogP contribution in [0.1, 0.15) is 19.3 Å². The van der Waals surface area contributed by atoms with Gasteiger partial charge in [-0.1, -0.05) is 0 Å². The first-order valence-electron chi connectivity index (χ1n) is 8.52. The van der Waals surface area contributed by atoms with Crippen molar-refractivity contribution in [2.24, 2.45) is 5.73 Å². The third-order valence-electron chi connectivity index (χ3n) is 5.23. The molecule has 0 radical (unpaired) electrons. The van der Waals surface area contributed by atoms with Gasteiger partial charge in [-0.3, -0.25) is 0 Å². The number of nitrogens with two attached hydrogens (primary N) is 1. The van der Waals surface area contributed by atoms with Gasteiger partial charge in [0.25, 0.3) is 0 Å². The molecular formula is C16H23N7O. The minimum absolute atomic E-state index is 0.00859. The van der Waals surface area contributed by atoms with Gasteiger partial charge in [0.15, 0.2) is 0 Å². The number of aromatic nitrogens is 3. The Balaban J connectivity index is 1.57. The fourth-order valence-electron chi connectivity index (χ4n) is 4.10. The number of aromatic amines is 1. The van der Waals surface area contributed by atoms with Crippen LogP contribution in [-0.2, 0) is 0 Å². The molecule has 0 bridgehead atoms. The fourth-order valence-corrected chi connectivity index (χ4v) is 4.10. The maximum atomic E-state index is 12.5. The van der Waals surface area contributed by atoms with Crippen LogP contribution in [0.15, 0.2) is 18.6 Å². The van der Waals surface area contributed by atoms with Gasteiger partial charge in [0.1, 0.15) is 17.8 Å². The van der Waals surface area contributed by atoms with E-state index < -0.39 is 0 Å². The zero-order valence-corrected chi connectivity index (χ0v) is 13.7. The van der Waals surface area contributed by atoms with Gasteiger partial charge in [0.05, 0.1) is 10.9 Å². The number of rotatable bonds is 3. The second-order valence-electron chi connectivity index (χ2n) is 6.61. The molecule has 4 N–H and O–H groups in total. The summed E-state index contributed by atoms with van der Waals surface area (Å²) in [7, 11) is 0. The first-order valence-corrected chi connectivity index (χ1v) is 8.52. The lowest BCUT2D eigenvalue weighted by atomic mass is 9.95. The number of likely N-dealkylation sites (tertiary alicyclic amines) is 1. The number of anilines is 1. The Morgan fingerprint density at radius 3 is 3.17 bits per heavy atom. The third-order valence-corrected chi connectivity index (χ3v) is 5.23. The summed E-state index contributed by atoms with van der Waals surface area (Å²) in [4.78, 5) is 28.7. The van der Waals surface area contributed by atoms with Crippen LogP contribution >= 0.6 is 0 Å². The monoisotopic (exact) mass is 329 g/mol. The minimum Gasteiger partial charge on any atom is -0.354 e. The Hall–Kier alpha value is -2.35. The highest BCUT2D eigenvalue weighted by atomic mass is 16.2. The van der Waals surface area contributed by atoms with E-state index in [0.29, 0.717) is 13.1 Å². The van der Waals surface area contributed by atoms with E-state index in [1.165, 1.54) is 0 Å². The number of nitrogens with zero attached hydrogens (tertiary/aromatic N) is 4. The van der Waals surface area contributed by atoms with E-state index in [0.717, 1.165) is 55.7 Å². The molecular weight excluding hydrogens is 306 g/mol. The second kappa shape index (κ2) is 5.94. The minimum atomic E-state index is -0.0910. The van der Waals surface area contributed by atoms with Crippen molar-refractivity contribution in [2.75, 3.05) is 37.6 Å². The lowest BCUT2D eigenvalue weighted by Crippen LogP contribution is -2.53. The van der Waals surface area contributed by atoms with E-state index >= 15 is 0 Å². The lowest BCUT2D eigenvalue weighted by Gasteiger charge is -2.35. The number of hydrogen-bond donors (Lipinski definition) is 3. The Bertz CT molecular complexity index is 745. The smallest absolute Gasteiger partial charge is 0.317 e. The molecule has 0 aromatic carbocycles. The molecule has 2 aromatic heterocycles. The summed E-state index contributed by atoms with van der Waals surface area (Å²) in [5.74, 6) is 0.951. The summed E-state index contributed by atoms with van der Waals surface area (Å²) in [6.07, 6.45) is 6.55. The average Bonchev–Trinajstić information content (AvgIpc) is 3.32. The van der Waals surface area contributed by atoms with Crippen molar-refractivity contribution in [2.45, 2.75) is 24.8 Å². The topological polar surface area (TPSA) is 103 Å². The molecule has 2 aliphatic rings. The van der Waals surface area contributed by atoms with Crippen LogP contribution in [0.3, 0.4) is 0 Å². The van der Waals surface area contributed by atoms with Crippen LogP contribution in [0.2, 0.25) is 0 Å². The van der Waals surface area contributed by atoms with E-state index in [1.807, 2.05) is 17.2 Å². The van der Waals surface area contributed by atoms with E-state index in [9.17, 15) is 4.79 Å². The molecule has 2 aromatic rings. The van der Waals surface area contributed by atoms with E-state index in [1.54, 1.807) is 6.33 Å². The van der Waals surface area contributed by atoms with Gasteiger partial charge in [0.2, 0.25) is 0 Å². The molecule has 2 aliphatic heterocycles. The van der Waals surface area contributed by atoms with Crippen LogP contribution in [-0.4, -0.2) is 64.1 Å². The largest absolute Gasteiger partial charge is 0.354 e. The average molecular weight is 329 g/mol. The molecule has 8 nitrogen and oxygen atoms in total. The zero-order chi connectivity index (χ0) is 16.6. The number of hydrogen-bond acceptors (Lipinski definition) is 5. The number of fused-ring (bicyclic) bond motifs is 1. The third kappa shape index (κ3) is 2.37. The van der Waals surface area contributed by atoms with Crippen molar-refractivity contribution in [3.8, 4) is 0 Å². The molecule has 1 unspecified atom stereocenters. The van der Waals surface area contributed by atoms with Crippen LogP contribution < -0.4 is 16.0 Å². The molecule has 1 atom stereocenters. The Morgan fingerprint density at radius 1 is 1.38 bits per heavy atom. The first-order chi connectivity index (χ1) is 11.7. The van der Waals surface area contributed by atoms with Crippen LogP contribution in [0.25, 0.3) is 11.0 Å². The maximum absolute atomic E-state index is 12.5. The van der Waals surface area contributed by atoms with Crippen LogP contribution in [0.4, 0.5) is 10.6 Å². The number of amides is 2. The first kappa shape index (κ1) is 15.2. The Labute approximate surface area is 140 Å². The predicted molar refractivity (Wildman–Crippen MR) is 91.8 cm³/mol. The van der Waals surface area contributed by atoms with E-state index in [4.69, 9.17) is 5.73 Å². The zero-order valence-electron chi connectivity index (χ0n) is 13.7. The summed E-state index contributed by atoms with van der Waals surface area (Å²) in [5.41, 5.74) is 6.26. The molecule has 4 rings (SSSR count). The standard InChI is InChI=1S/C16H23N7O/c17-5-7-19-15(24)23-8-1-3-16(23)4-9-22(10-16)14-12-2-6-18-13(12)20-11-21-14/h2,6,11H,1,3-5,7-10,17H2,(H,19,24)(H,18,20,21). The molecule has 0 saturated carbocycles. The van der Waals surface area contributed by atoms with E-state index in [2.05, 4.69) is 25.2 Å². The van der Waals surface area contributed by atoms with Crippen LogP contribution in [0, 0.1) is 0 Å². The van der Waals surface area contributed by atoms with Crippen LogP contribution in [0.5, 0.6) is 0 Å². The SMILES string of the molecule is NCCNC(=O)N1CCCC12CCN(c1ncnc3[nH]ccc13)C2. The molecule has 128 valence electrons. The van der Waals surface area contributed by atoms with Crippen molar-refractivity contribution in [3.63, 3.8) is 0 Å². The van der Waals surface area contributed by atoms with Gasteiger partial charge in [0, 0.05) is 38.9 Å². The van der Waals surface area contributed by atoms with Crippen molar-refractivity contribution in [1.29, 1.82) is 0 Å². The second-order valence-corrected chi connectivity index (χ2v) is 6.61. The predicted octanol–water partition coefficient (Wildman–Crippen LogP) is 0.671. The van der Waals surface area contributed by atoms with Crippen molar-refractivity contribution in [3.05, 3.63) is 18.6 Å². The quantitative estimate of drug-likeness (QED) is 0.768. The van der Waals surface area contributed by atoms with Gasteiger partial charge in [-0.15, -0.1) is 0 Å². The molecule has 2 saturated heterocycles. The summed E-state index contributed by atoms with van der Waals surface area (Å²) >= 11 is 0. The Kier molecular flexibility index (Phi) is 3.76. The Morgan fingerprint density at radius 2 is 2.29 bits per heavy atom. The molecule has 2 fully saturated rings. The summed E-state index contributed by atoms with van der Waals surface area (Å²) in [6, 6.07) is 2.02. The van der Waals surface area contributed by atoms with Gasteiger partial charge >= 0.3 is 6.03 Å². The molecule has 1 spiro atoms. The van der Waals surface area contributed by atoms with Gasteiger partial charge < -0.3 is 25.8 Å².